The molecule has 1 rings (SSSR count). The van der Waals surface area contributed by atoms with Gasteiger partial charge in [0.2, 0.25) is 0 Å². The van der Waals surface area contributed by atoms with Crippen LogP contribution in [-0.4, -0.2) is 16.2 Å². The molecule has 3 heteroatoms. The van der Waals surface area contributed by atoms with Gasteiger partial charge >= 0.3 is 0 Å². The number of H-pyrrole nitrogens is 1. The highest BCUT2D eigenvalue weighted by Crippen LogP contribution is 2.33. The van der Waals surface area contributed by atoms with Crippen LogP contribution < -0.4 is 0 Å². The van der Waals surface area contributed by atoms with Crippen molar-refractivity contribution in [1.82, 2.24) is 9.97 Å². The molecule has 1 atom stereocenters. The number of rotatable bonds is 2. The molecular formula is C11H20N2S. The van der Waals surface area contributed by atoms with Crippen LogP contribution in [0.3, 0.4) is 0 Å². The molecule has 14 heavy (non-hydrogen) atoms. The summed E-state index contributed by atoms with van der Waals surface area (Å²) in [6.45, 7) is 10.9. The summed E-state index contributed by atoms with van der Waals surface area (Å²) in [4.78, 5) is 7.95. The molecule has 0 spiro atoms. The molecule has 0 aliphatic heterocycles. The standard InChI is InChI=1S/C11H20N2S/c1-7(14-6)9-10(11(3,4)5)13-8(2)12-9/h7H,1-6H3,(H,12,13). The van der Waals surface area contributed by atoms with Gasteiger partial charge in [0.15, 0.2) is 0 Å². The number of nitrogens with one attached hydrogen (secondary N) is 1. The molecular weight excluding hydrogens is 192 g/mol. The number of thioether (sulfide) groups is 1. The fourth-order valence-corrected chi connectivity index (χ4v) is 1.90. The van der Waals surface area contributed by atoms with Crippen LogP contribution in [0.25, 0.3) is 0 Å². The zero-order chi connectivity index (χ0) is 10.9. The van der Waals surface area contributed by atoms with E-state index in [0.29, 0.717) is 5.25 Å². The van der Waals surface area contributed by atoms with Crippen molar-refractivity contribution < 1.29 is 0 Å². The number of nitrogens with zero attached hydrogens (tertiary/aromatic N) is 1. The van der Waals surface area contributed by atoms with Crippen molar-refractivity contribution in [3.05, 3.63) is 17.2 Å². The van der Waals surface area contributed by atoms with Crippen LogP contribution >= 0.6 is 11.8 Å². The second kappa shape index (κ2) is 3.97. The first-order chi connectivity index (χ1) is 6.36. The Kier molecular flexibility index (Phi) is 3.30. The lowest BCUT2D eigenvalue weighted by atomic mass is 9.90. The number of hydrogen-bond donors (Lipinski definition) is 1. The molecule has 1 N–H and O–H groups in total. The van der Waals surface area contributed by atoms with Crippen molar-refractivity contribution in [2.24, 2.45) is 0 Å². The van der Waals surface area contributed by atoms with Crippen LogP contribution in [0.2, 0.25) is 0 Å². The molecule has 0 saturated carbocycles. The van der Waals surface area contributed by atoms with Crippen LogP contribution in [0, 0.1) is 6.92 Å². The molecule has 0 radical (unpaired) electrons. The van der Waals surface area contributed by atoms with Crippen molar-refractivity contribution >= 4 is 11.8 Å². The highest BCUT2D eigenvalue weighted by molar-refractivity contribution is 7.98. The lowest BCUT2D eigenvalue weighted by Gasteiger charge is -2.19. The molecule has 80 valence electrons. The normalized spacial score (nSPS) is 14.4. The Morgan fingerprint density at radius 1 is 1.36 bits per heavy atom. The minimum Gasteiger partial charge on any atom is -0.345 e. The number of hydrogen-bond acceptors (Lipinski definition) is 2. The van der Waals surface area contributed by atoms with Gasteiger partial charge in [-0.25, -0.2) is 4.98 Å². The van der Waals surface area contributed by atoms with Gasteiger partial charge in [0.25, 0.3) is 0 Å². The van der Waals surface area contributed by atoms with E-state index in [2.05, 4.69) is 43.9 Å². The van der Waals surface area contributed by atoms with Crippen LogP contribution in [0.15, 0.2) is 0 Å². The monoisotopic (exact) mass is 212 g/mol. The Bertz CT molecular complexity index is 310. The second-order valence-electron chi connectivity index (χ2n) is 4.71. The summed E-state index contributed by atoms with van der Waals surface area (Å²) in [7, 11) is 0. The molecule has 0 amide bonds. The van der Waals surface area contributed by atoms with E-state index in [1.165, 1.54) is 11.4 Å². The van der Waals surface area contributed by atoms with E-state index in [4.69, 9.17) is 0 Å². The Balaban J connectivity index is 3.16. The molecule has 2 nitrogen and oxygen atoms in total. The SMILES string of the molecule is CSC(C)c1[nH]c(C)nc1C(C)(C)C. The maximum atomic E-state index is 4.58. The van der Waals surface area contributed by atoms with E-state index in [-0.39, 0.29) is 5.41 Å². The Labute approximate surface area is 90.9 Å². The van der Waals surface area contributed by atoms with Crippen LogP contribution in [0.5, 0.6) is 0 Å². The topological polar surface area (TPSA) is 28.7 Å². The number of aromatic amines is 1. The summed E-state index contributed by atoms with van der Waals surface area (Å²) in [5.41, 5.74) is 2.61. The summed E-state index contributed by atoms with van der Waals surface area (Å²) in [6, 6.07) is 0. The minimum atomic E-state index is 0.129. The maximum Gasteiger partial charge on any atom is 0.103 e. The summed E-state index contributed by atoms with van der Waals surface area (Å²) in [5.74, 6) is 1.02. The first-order valence-electron chi connectivity index (χ1n) is 4.96. The molecule has 0 bridgehead atoms. The maximum absolute atomic E-state index is 4.58. The predicted octanol–water partition coefficient (Wildman–Crippen LogP) is 3.44. The van der Waals surface area contributed by atoms with E-state index in [1.807, 2.05) is 18.7 Å². The Hall–Kier alpha value is -0.440. The second-order valence-corrected chi connectivity index (χ2v) is 5.89. The highest BCUT2D eigenvalue weighted by Gasteiger charge is 2.24. The first-order valence-corrected chi connectivity index (χ1v) is 6.25. The summed E-state index contributed by atoms with van der Waals surface area (Å²) >= 11 is 1.85. The fourth-order valence-electron chi connectivity index (χ4n) is 1.49. The third kappa shape index (κ3) is 2.32. The van der Waals surface area contributed by atoms with Gasteiger partial charge in [-0.3, -0.25) is 0 Å². The summed E-state index contributed by atoms with van der Waals surface area (Å²) in [6.07, 6.45) is 2.13. The van der Waals surface area contributed by atoms with Gasteiger partial charge < -0.3 is 4.98 Å². The smallest absolute Gasteiger partial charge is 0.103 e. The van der Waals surface area contributed by atoms with Crippen molar-refractivity contribution in [1.29, 1.82) is 0 Å². The average Bonchev–Trinajstić information content (AvgIpc) is 2.45. The molecule has 1 heterocycles. The lowest BCUT2D eigenvalue weighted by molar-refractivity contribution is 0.564. The molecule has 1 aromatic heterocycles. The van der Waals surface area contributed by atoms with Gasteiger partial charge in [-0.05, 0) is 20.1 Å². The largest absolute Gasteiger partial charge is 0.345 e. The molecule has 1 unspecified atom stereocenters. The van der Waals surface area contributed by atoms with Crippen LogP contribution in [0.4, 0.5) is 0 Å². The molecule has 0 aliphatic carbocycles. The highest BCUT2D eigenvalue weighted by atomic mass is 32.2. The van der Waals surface area contributed by atoms with Gasteiger partial charge in [-0.1, -0.05) is 20.8 Å². The first kappa shape index (κ1) is 11.6. The van der Waals surface area contributed by atoms with E-state index in [0.717, 1.165) is 5.82 Å². The zero-order valence-corrected chi connectivity index (χ0v) is 10.7. The van der Waals surface area contributed by atoms with Gasteiger partial charge in [-0.15, -0.1) is 0 Å². The molecule has 0 fully saturated rings. The van der Waals surface area contributed by atoms with Crippen molar-refractivity contribution in [2.75, 3.05) is 6.26 Å². The lowest BCUT2D eigenvalue weighted by Crippen LogP contribution is -2.15. The predicted molar refractivity (Wildman–Crippen MR) is 64.0 cm³/mol. The van der Waals surface area contributed by atoms with Crippen molar-refractivity contribution in [3.8, 4) is 0 Å². The van der Waals surface area contributed by atoms with Crippen LogP contribution in [-0.2, 0) is 5.41 Å². The summed E-state index contributed by atoms with van der Waals surface area (Å²) in [5, 5.41) is 0.491. The fraction of sp³-hybridized carbons (Fsp3) is 0.727. The van der Waals surface area contributed by atoms with Crippen molar-refractivity contribution in [2.45, 2.75) is 45.3 Å². The average molecular weight is 212 g/mol. The quantitative estimate of drug-likeness (QED) is 0.813. The summed E-state index contributed by atoms with van der Waals surface area (Å²) < 4.78 is 0. The van der Waals surface area contributed by atoms with Crippen LogP contribution in [0.1, 0.15) is 50.2 Å². The number of imidazole rings is 1. The molecule has 1 aromatic rings. The van der Waals surface area contributed by atoms with Gasteiger partial charge in [0, 0.05) is 10.7 Å². The Morgan fingerprint density at radius 3 is 2.36 bits per heavy atom. The molecule has 0 aliphatic rings. The third-order valence-electron chi connectivity index (χ3n) is 2.32. The van der Waals surface area contributed by atoms with Crippen molar-refractivity contribution in [3.63, 3.8) is 0 Å². The zero-order valence-electron chi connectivity index (χ0n) is 9.93. The van der Waals surface area contributed by atoms with Gasteiger partial charge in [-0.2, -0.15) is 11.8 Å². The van der Waals surface area contributed by atoms with Gasteiger partial charge in [0.1, 0.15) is 5.82 Å². The van der Waals surface area contributed by atoms with E-state index in [1.54, 1.807) is 0 Å². The van der Waals surface area contributed by atoms with E-state index >= 15 is 0 Å². The number of aromatic nitrogens is 2. The number of aryl methyl sites for hydroxylation is 1. The third-order valence-corrected chi connectivity index (χ3v) is 3.26. The van der Waals surface area contributed by atoms with E-state index in [9.17, 15) is 0 Å². The molecule has 0 aromatic carbocycles. The molecule has 0 saturated heterocycles. The minimum absolute atomic E-state index is 0.129. The van der Waals surface area contributed by atoms with Gasteiger partial charge in [0.05, 0.1) is 11.4 Å². The Morgan fingerprint density at radius 2 is 1.93 bits per heavy atom. The van der Waals surface area contributed by atoms with E-state index < -0.39 is 0 Å².